The Morgan fingerprint density at radius 1 is 1.22 bits per heavy atom. The molecule has 1 aromatic heterocycles. The monoisotopic (exact) mass is 493 g/mol. The molecule has 3 aliphatic rings. The number of hydrogen-bond donors (Lipinski definition) is 2. The lowest BCUT2D eigenvalue weighted by molar-refractivity contribution is -0.00772. The number of ether oxygens (including phenoxy) is 2. The molecule has 1 aromatic carbocycles. The highest BCUT2D eigenvalue weighted by Gasteiger charge is 2.42. The fourth-order valence-electron chi connectivity index (χ4n) is 6.21. The molecule has 3 heterocycles. The van der Waals surface area contributed by atoms with Gasteiger partial charge in [-0.1, -0.05) is 32.0 Å². The van der Waals surface area contributed by atoms with Gasteiger partial charge in [-0.2, -0.15) is 0 Å². The fourth-order valence-corrected chi connectivity index (χ4v) is 6.21. The molecule has 6 nitrogen and oxygen atoms in total. The van der Waals surface area contributed by atoms with E-state index < -0.39 is 6.10 Å². The second kappa shape index (κ2) is 11.1. The van der Waals surface area contributed by atoms with Crippen LogP contribution in [0.2, 0.25) is 0 Å². The quantitative estimate of drug-likeness (QED) is 0.463. The number of aryl methyl sites for hydroxylation is 2. The highest BCUT2D eigenvalue weighted by Crippen LogP contribution is 2.42. The lowest BCUT2D eigenvalue weighted by Crippen LogP contribution is -2.30. The van der Waals surface area contributed by atoms with Crippen LogP contribution in [0.1, 0.15) is 80.9 Å². The first-order valence-corrected chi connectivity index (χ1v) is 13.9. The van der Waals surface area contributed by atoms with E-state index in [1.165, 1.54) is 23.2 Å². The molecule has 6 heteroatoms. The SMILES string of the molecule is CN(Cc1cccc2c1[C@@H](O)CCO2)[C@H]1C[C@H](OCCCCc2ccc3c(n2)NCCC3)C(C)(C)C1. The van der Waals surface area contributed by atoms with Crippen molar-refractivity contribution in [2.45, 2.75) is 90.0 Å². The number of pyridine rings is 1. The minimum Gasteiger partial charge on any atom is -0.493 e. The summed E-state index contributed by atoms with van der Waals surface area (Å²) in [5.41, 5.74) is 4.85. The van der Waals surface area contributed by atoms with Gasteiger partial charge in [0.2, 0.25) is 0 Å². The van der Waals surface area contributed by atoms with Crippen molar-refractivity contribution >= 4 is 5.82 Å². The Morgan fingerprint density at radius 2 is 2.11 bits per heavy atom. The summed E-state index contributed by atoms with van der Waals surface area (Å²) in [6.07, 6.45) is 8.20. The summed E-state index contributed by atoms with van der Waals surface area (Å²) in [6, 6.07) is 11.1. The van der Waals surface area contributed by atoms with Crippen LogP contribution in [-0.2, 0) is 24.1 Å². The first-order chi connectivity index (χ1) is 17.4. The number of aromatic nitrogens is 1. The number of aliphatic hydroxyl groups is 1. The van der Waals surface area contributed by atoms with Crippen LogP contribution in [-0.4, -0.2) is 53.9 Å². The molecule has 2 N–H and O–H groups in total. The van der Waals surface area contributed by atoms with E-state index >= 15 is 0 Å². The smallest absolute Gasteiger partial charge is 0.129 e. The third kappa shape index (κ3) is 5.71. The Balaban J connectivity index is 1.09. The molecule has 0 saturated heterocycles. The minimum atomic E-state index is -0.429. The normalized spacial score (nSPS) is 24.6. The number of aliphatic hydroxyl groups excluding tert-OH is 1. The Bertz CT molecular complexity index is 1040. The molecule has 2 aromatic rings. The largest absolute Gasteiger partial charge is 0.493 e. The molecule has 0 spiro atoms. The third-order valence-corrected chi connectivity index (χ3v) is 8.40. The van der Waals surface area contributed by atoms with Gasteiger partial charge in [0.1, 0.15) is 11.6 Å². The van der Waals surface area contributed by atoms with E-state index in [4.69, 9.17) is 14.5 Å². The molecular weight excluding hydrogens is 450 g/mol. The van der Waals surface area contributed by atoms with Gasteiger partial charge in [0, 0.05) is 43.4 Å². The van der Waals surface area contributed by atoms with Gasteiger partial charge in [-0.05, 0) is 80.7 Å². The first-order valence-electron chi connectivity index (χ1n) is 13.9. The van der Waals surface area contributed by atoms with Crippen molar-refractivity contribution in [3.05, 3.63) is 52.7 Å². The number of nitrogens with zero attached hydrogens (tertiary/aromatic N) is 2. The van der Waals surface area contributed by atoms with Crippen molar-refractivity contribution in [2.24, 2.45) is 5.41 Å². The van der Waals surface area contributed by atoms with Crippen LogP contribution in [0.4, 0.5) is 5.82 Å². The summed E-state index contributed by atoms with van der Waals surface area (Å²) in [4.78, 5) is 7.27. The molecule has 36 heavy (non-hydrogen) atoms. The predicted octanol–water partition coefficient (Wildman–Crippen LogP) is 5.28. The lowest BCUT2D eigenvalue weighted by atomic mass is 9.89. The lowest BCUT2D eigenvalue weighted by Gasteiger charge is -2.29. The molecule has 1 aliphatic carbocycles. The Morgan fingerprint density at radius 3 is 3.00 bits per heavy atom. The number of anilines is 1. The summed E-state index contributed by atoms with van der Waals surface area (Å²) in [7, 11) is 2.21. The van der Waals surface area contributed by atoms with E-state index in [0.29, 0.717) is 19.1 Å². The number of benzene rings is 1. The maximum absolute atomic E-state index is 10.6. The van der Waals surface area contributed by atoms with Crippen molar-refractivity contribution in [3.8, 4) is 5.75 Å². The molecule has 0 unspecified atom stereocenters. The molecule has 5 rings (SSSR count). The Hall–Kier alpha value is -2.15. The van der Waals surface area contributed by atoms with Gasteiger partial charge in [0.25, 0.3) is 0 Å². The van der Waals surface area contributed by atoms with Crippen molar-refractivity contribution in [1.82, 2.24) is 9.88 Å². The van der Waals surface area contributed by atoms with E-state index in [0.717, 1.165) is 75.4 Å². The highest BCUT2D eigenvalue weighted by molar-refractivity contribution is 5.47. The van der Waals surface area contributed by atoms with Crippen molar-refractivity contribution in [3.63, 3.8) is 0 Å². The van der Waals surface area contributed by atoms with E-state index in [2.05, 4.69) is 49.3 Å². The second-order valence-electron chi connectivity index (χ2n) is 11.6. The van der Waals surface area contributed by atoms with Crippen LogP contribution in [0.15, 0.2) is 30.3 Å². The van der Waals surface area contributed by atoms with Gasteiger partial charge < -0.3 is 19.9 Å². The van der Waals surface area contributed by atoms with Gasteiger partial charge in [0.15, 0.2) is 0 Å². The van der Waals surface area contributed by atoms with Gasteiger partial charge in [-0.3, -0.25) is 4.90 Å². The standard InChI is InChI=1S/C30H43N3O3/c1-30(2)19-24(33(3)20-22-8-6-11-26-28(22)25(34)14-17-35-26)18-27(30)36-16-5-4-10-23-13-12-21-9-7-15-31-29(21)32-23/h6,8,11-13,24-25,27,34H,4-5,7,9-10,14-20H2,1-3H3,(H,31,32)/t24-,25-,27-/m0/s1. The van der Waals surface area contributed by atoms with Crippen LogP contribution < -0.4 is 10.1 Å². The van der Waals surface area contributed by atoms with Gasteiger partial charge >= 0.3 is 0 Å². The van der Waals surface area contributed by atoms with E-state index in [1.54, 1.807) is 0 Å². The Labute approximate surface area is 216 Å². The molecule has 0 radical (unpaired) electrons. The van der Waals surface area contributed by atoms with Crippen LogP contribution in [0.3, 0.4) is 0 Å². The zero-order valence-corrected chi connectivity index (χ0v) is 22.3. The topological polar surface area (TPSA) is 66.9 Å². The average Bonchev–Trinajstić information content (AvgIpc) is 3.18. The number of nitrogens with one attached hydrogen (secondary N) is 1. The first kappa shape index (κ1) is 25.5. The van der Waals surface area contributed by atoms with Crippen LogP contribution in [0.5, 0.6) is 5.75 Å². The maximum Gasteiger partial charge on any atom is 0.129 e. The Kier molecular flexibility index (Phi) is 7.85. The van der Waals surface area contributed by atoms with Gasteiger partial charge in [-0.15, -0.1) is 0 Å². The summed E-state index contributed by atoms with van der Waals surface area (Å²) in [5.74, 6) is 1.94. The highest BCUT2D eigenvalue weighted by atomic mass is 16.5. The summed E-state index contributed by atoms with van der Waals surface area (Å²) in [6.45, 7) is 7.94. The number of unbranched alkanes of at least 4 members (excludes halogenated alkanes) is 1. The zero-order chi connectivity index (χ0) is 25.1. The predicted molar refractivity (Wildman–Crippen MR) is 144 cm³/mol. The molecule has 0 amide bonds. The van der Waals surface area contributed by atoms with Gasteiger partial charge in [-0.25, -0.2) is 4.98 Å². The third-order valence-electron chi connectivity index (χ3n) is 8.40. The molecule has 2 aliphatic heterocycles. The van der Waals surface area contributed by atoms with Gasteiger partial charge in [0.05, 0.1) is 18.8 Å². The van der Waals surface area contributed by atoms with Crippen molar-refractivity contribution in [1.29, 1.82) is 0 Å². The van der Waals surface area contributed by atoms with Crippen LogP contribution >= 0.6 is 0 Å². The average molecular weight is 494 g/mol. The second-order valence-corrected chi connectivity index (χ2v) is 11.6. The molecule has 196 valence electrons. The zero-order valence-electron chi connectivity index (χ0n) is 22.3. The summed E-state index contributed by atoms with van der Waals surface area (Å²) >= 11 is 0. The van der Waals surface area contributed by atoms with E-state index in [9.17, 15) is 5.11 Å². The maximum atomic E-state index is 10.6. The molecule has 1 saturated carbocycles. The number of hydrogen-bond acceptors (Lipinski definition) is 6. The van der Waals surface area contributed by atoms with Crippen molar-refractivity contribution in [2.75, 3.05) is 32.1 Å². The molecule has 1 fully saturated rings. The minimum absolute atomic E-state index is 0.156. The summed E-state index contributed by atoms with van der Waals surface area (Å²) in [5, 5.41) is 14.0. The number of rotatable bonds is 9. The van der Waals surface area contributed by atoms with Crippen LogP contribution in [0.25, 0.3) is 0 Å². The molecule has 0 bridgehead atoms. The molecular formula is C30H43N3O3. The number of fused-ring (bicyclic) bond motifs is 2. The van der Waals surface area contributed by atoms with Crippen LogP contribution in [0, 0.1) is 5.41 Å². The fraction of sp³-hybridized carbons (Fsp3) is 0.633. The van der Waals surface area contributed by atoms with E-state index in [1.807, 2.05) is 12.1 Å². The molecule has 3 atom stereocenters. The van der Waals surface area contributed by atoms with E-state index in [-0.39, 0.29) is 11.5 Å². The summed E-state index contributed by atoms with van der Waals surface area (Å²) < 4.78 is 12.3. The van der Waals surface area contributed by atoms with Crippen molar-refractivity contribution < 1.29 is 14.6 Å².